The number of hydrogen-bond acceptors (Lipinski definition) is 5. The Balaban J connectivity index is 1.77. The van der Waals surface area contributed by atoms with Gasteiger partial charge in [-0.05, 0) is 25.8 Å². The minimum atomic E-state index is -0.523. The highest BCUT2D eigenvalue weighted by Gasteiger charge is 2.52. The summed E-state index contributed by atoms with van der Waals surface area (Å²) in [5, 5.41) is 2.89. The van der Waals surface area contributed by atoms with Gasteiger partial charge in [0.1, 0.15) is 5.75 Å². The lowest BCUT2D eigenvalue weighted by atomic mass is 9.94. The Morgan fingerprint density at radius 1 is 1.26 bits per heavy atom. The molecule has 1 heterocycles. The highest BCUT2D eigenvalue weighted by molar-refractivity contribution is 6.01. The molecule has 0 radical (unpaired) electrons. The standard InChI is InChI=1S/C17H19N3O3/c1-3-23-16-18-10-12(11-19-16)20-15(21)17(8-9-17)13-6-4-5-7-14(13)22-2/h4-7,10-11H,3,8-9H2,1-2H3,(H,20,21). The van der Waals surface area contributed by atoms with E-state index < -0.39 is 5.41 Å². The van der Waals surface area contributed by atoms with Crippen molar-refractivity contribution in [3.63, 3.8) is 0 Å². The summed E-state index contributed by atoms with van der Waals surface area (Å²) in [6, 6.07) is 7.95. The van der Waals surface area contributed by atoms with Crippen LogP contribution in [0, 0.1) is 0 Å². The average molecular weight is 313 g/mol. The molecule has 120 valence electrons. The molecule has 0 saturated heterocycles. The maximum atomic E-state index is 12.7. The van der Waals surface area contributed by atoms with E-state index in [4.69, 9.17) is 9.47 Å². The summed E-state index contributed by atoms with van der Waals surface area (Å²) < 4.78 is 10.6. The second-order valence-corrected chi connectivity index (χ2v) is 5.42. The van der Waals surface area contributed by atoms with Crippen LogP contribution < -0.4 is 14.8 Å². The Bertz CT molecular complexity index is 696. The van der Waals surface area contributed by atoms with Gasteiger partial charge in [-0.25, -0.2) is 9.97 Å². The topological polar surface area (TPSA) is 73.3 Å². The van der Waals surface area contributed by atoms with Crippen LogP contribution in [0.3, 0.4) is 0 Å². The Morgan fingerprint density at radius 2 is 1.96 bits per heavy atom. The molecular weight excluding hydrogens is 294 g/mol. The highest BCUT2D eigenvalue weighted by atomic mass is 16.5. The quantitative estimate of drug-likeness (QED) is 0.887. The van der Waals surface area contributed by atoms with Crippen LogP contribution in [0.25, 0.3) is 0 Å². The number of para-hydroxylation sites is 1. The van der Waals surface area contributed by atoms with E-state index in [1.807, 2.05) is 31.2 Å². The van der Waals surface area contributed by atoms with Crippen molar-refractivity contribution in [2.45, 2.75) is 25.2 Å². The molecule has 0 unspecified atom stereocenters. The van der Waals surface area contributed by atoms with Gasteiger partial charge in [-0.2, -0.15) is 0 Å². The number of nitrogens with zero attached hydrogens (tertiary/aromatic N) is 2. The molecular formula is C17H19N3O3. The largest absolute Gasteiger partial charge is 0.496 e. The van der Waals surface area contributed by atoms with Crippen LogP contribution in [0.15, 0.2) is 36.7 Å². The molecule has 1 aromatic carbocycles. The Hall–Kier alpha value is -2.63. The molecule has 0 bridgehead atoms. The van der Waals surface area contributed by atoms with Crippen LogP contribution >= 0.6 is 0 Å². The molecule has 2 aromatic rings. The van der Waals surface area contributed by atoms with Crippen molar-refractivity contribution < 1.29 is 14.3 Å². The summed E-state index contributed by atoms with van der Waals surface area (Å²) in [7, 11) is 1.62. The Labute approximate surface area is 134 Å². The first kappa shape index (κ1) is 15.3. The minimum Gasteiger partial charge on any atom is -0.496 e. The molecule has 23 heavy (non-hydrogen) atoms. The molecule has 6 nitrogen and oxygen atoms in total. The van der Waals surface area contributed by atoms with Gasteiger partial charge in [-0.15, -0.1) is 0 Å². The van der Waals surface area contributed by atoms with E-state index in [1.165, 1.54) is 0 Å². The zero-order valence-corrected chi connectivity index (χ0v) is 13.2. The lowest BCUT2D eigenvalue weighted by Gasteiger charge is -2.18. The molecule has 0 aliphatic heterocycles. The molecule has 1 amide bonds. The third-order valence-electron chi connectivity index (χ3n) is 3.97. The van der Waals surface area contributed by atoms with Crippen LogP contribution in [-0.2, 0) is 10.2 Å². The fourth-order valence-corrected chi connectivity index (χ4v) is 2.62. The molecule has 0 atom stereocenters. The maximum absolute atomic E-state index is 12.7. The zero-order chi connectivity index (χ0) is 16.3. The fraction of sp³-hybridized carbons (Fsp3) is 0.353. The molecule has 0 spiro atoms. The lowest BCUT2D eigenvalue weighted by Crippen LogP contribution is -2.28. The van der Waals surface area contributed by atoms with Gasteiger partial charge >= 0.3 is 6.01 Å². The van der Waals surface area contributed by atoms with Gasteiger partial charge in [-0.3, -0.25) is 4.79 Å². The number of nitrogens with one attached hydrogen (secondary N) is 1. The van der Waals surface area contributed by atoms with E-state index >= 15 is 0 Å². The van der Waals surface area contributed by atoms with E-state index in [2.05, 4.69) is 15.3 Å². The van der Waals surface area contributed by atoms with E-state index in [-0.39, 0.29) is 5.91 Å². The summed E-state index contributed by atoms with van der Waals surface area (Å²) >= 11 is 0. The highest BCUT2D eigenvalue weighted by Crippen LogP contribution is 2.51. The normalized spacial score (nSPS) is 14.9. The van der Waals surface area contributed by atoms with Crippen LogP contribution in [0.5, 0.6) is 11.8 Å². The van der Waals surface area contributed by atoms with Gasteiger partial charge in [0, 0.05) is 5.56 Å². The van der Waals surface area contributed by atoms with E-state index in [9.17, 15) is 4.79 Å². The Morgan fingerprint density at radius 3 is 2.57 bits per heavy atom. The van der Waals surface area contributed by atoms with Crippen LogP contribution in [0.2, 0.25) is 0 Å². The summed E-state index contributed by atoms with van der Waals surface area (Å²) in [4.78, 5) is 20.8. The van der Waals surface area contributed by atoms with Gasteiger partial charge in [0.05, 0.1) is 37.2 Å². The molecule has 3 rings (SSSR count). The van der Waals surface area contributed by atoms with Gasteiger partial charge < -0.3 is 14.8 Å². The van der Waals surface area contributed by atoms with E-state index in [1.54, 1.807) is 19.5 Å². The average Bonchev–Trinajstić information content (AvgIpc) is 3.39. The number of ether oxygens (including phenoxy) is 2. The predicted octanol–water partition coefficient (Wildman–Crippen LogP) is 2.55. The summed E-state index contributed by atoms with van der Waals surface area (Å²) in [6.07, 6.45) is 4.70. The first-order valence-corrected chi connectivity index (χ1v) is 7.59. The molecule has 1 fully saturated rings. The van der Waals surface area contributed by atoms with Crippen molar-refractivity contribution in [2.24, 2.45) is 0 Å². The van der Waals surface area contributed by atoms with Crippen molar-refractivity contribution >= 4 is 11.6 Å². The van der Waals surface area contributed by atoms with E-state index in [0.29, 0.717) is 18.3 Å². The van der Waals surface area contributed by atoms with Crippen molar-refractivity contribution in [1.82, 2.24) is 9.97 Å². The van der Waals surface area contributed by atoms with Gasteiger partial charge in [0.25, 0.3) is 0 Å². The number of anilines is 1. The molecule has 6 heteroatoms. The number of carbonyl (C=O) groups excluding carboxylic acids is 1. The van der Waals surface area contributed by atoms with Crippen LogP contribution in [0.4, 0.5) is 5.69 Å². The summed E-state index contributed by atoms with van der Waals surface area (Å²) in [6.45, 7) is 2.37. The van der Waals surface area contributed by atoms with E-state index in [0.717, 1.165) is 24.2 Å². The first-order valence-electron chi connectivity index (χ1n) is 7.59. The van der Waals surface area contributed by atoms with Gasteiger partial charge in [-0.1, -0.05) is 18.2 Å². The van der Waals surface area contributed by atoms with Gasteiger partial charge in [0.15, 0.2) is 0 Å². The third-order valence-corrected chi connectivity index (χ3v) is 3.97. The van der Waals surface area contributed by atoms with Crippen LogP contribution in [0.1, 0.15) is 25.3 Å². The zero-order valence-electron chi connectivity index (χ0n) is 13.2. The number of rotatable bonds is 6. The lowest BCUT2D eigenvalue weighted by molar-refractivity contribution is -0.118. The first-order chi connectivity index (χ1) is 11.2. The number of hydrogen-bond donors (Lipinski definition) is 1. The number of amides is 1. The van der Waals surface area contributed by atoms with Crippen LogP contribution in [-0.4, -0.2) is 29.6 Å². The SMILES string of the molecule is CCOc1ncc(NC(=O)C2(c3ccccc3OC)CC2)cn1. The molecule has 1 aliphatic rings. The monoisotopic (exact) mass is 313 g/mol. The summed E-state index contributed by atoms with van der Waals surface area (Å²) in [5.74, 6) is 0.679. The summed E-state index contributed by atoms with van der Waals surface area (Å²) in [5.41, 5.74) is 0.956. The smallest absolute Gasteiger partial charge is 0.316 e. The Kier molecular flexibility index (Phi) is 4.14. The van der Waals surface area contributed by atoms with Crippen molar-refractivity contribution in [1.29, 1.82) is 0 Å². The third kappa shape index (κ3) is 2.97. The molecule has 1 N–H and O–H groups in total. The molecule has 1 aliphatic carbocycles. The van der Waals surface area contributed by atoms with Crippen molar-refractivity contribution in [3.8, 4) is 11.8 Å². The number of methoxy groups -OCH3 is 1. The van der Waals surface area contributed by atoms with Crippen molar-refractivity contribution in [2.75, 3.05) is 19.0 Å². The predicted molar refractivity (Wildman–Crippen MR) is 85.7 cm³/mol. The maximum Gasteiger partial charge on any atom is 0.316 e. The number of benzene rings is 1. The van der Waals surface area contributed by atoms with Crippen molar-refractivity contribution in [3.05, 3.63) is 42.2 Å². The number of carbonyl (C=O) groups is 1. The fourth-order valence-electron chi connectivity index (χ4n) is 2.62. The minimum absolute atomic E-state index is 0.0604. The van der Waals surface area contributed by atoms with Gasteiger partial charge in [0.2, 0.25) is 5.91 Å². The molecule has 1 saturated carbocycles. The second kappa shape index (κ2) is 6.24. The molecule has 1 aromatic heterocycles. The second-order valence-electron chi connectivity index (χ2n) is 5.42. The number of aromatic nitrogens is 2.